The first-order valence-electron chi connectivity index (χ1n) is 6.17. The summed E-state index contributed by atoms with van der Waals surface area (Å²) in [5.41, 5.74) is 0.441. The molecule has 0 saturated carbocycles. The van der Waals surface area contributed by atoms with E-state index in [2.05, 4.69) is 9.97 Å². The first-order valence-corrected chi connectivity index (χ1v) is 6.17. The van der Waals surface area contributed by atoms with E-state index in [1.807, 2.05) is 0 Å². The van der Waals surface area contributed by atoms with Gasteiger partial charge < -0.3 is 10.0 Å². The molecule has 0 amide bonds. The molecule has 1 aliphatic rings. The van der Waals surface area contributed by atoms with E-state index in [9.17, 15) is 13.6 Å². The van der Waals surface area contributed by atoms with Crippen molar-refractivity contribution < 1.29 is 18.7 Å². The number of anilines is 1. The number of rotatable bonds is 2. The average molecular weight is 279 g/mol. The lowest BCUT2D eigenvalue weighted by Crippen LogP contribution is -2.36. The highest BCUT2D eigenvalue weighted by Gasteiger charge is 2.31. The van der Waals surface area contributed by atoms with E-state index < -0.39 is 23.6 Å². The lowest BCUT2D eigenvalue weighted by molar-refractivity contribution is -0.138. The van der Waals surface area contributed by atoms with Crippen LogP contribution in [0.5, 0.6) is 0 Å². The van der Waals surface area contributed by atoms with Crippen LogP contribution in [0.4, 0.5) is 14.6 Å². The number of hydrogen-bond acceptors (Lipinski definition) is 4. The number of nitrogens with zero attached hydrogens (tertiary/aromatic N) is 3. The van der Waals surface area contributed by atoms with Crippen LogP contribution in [0, 0.1) is 11.6 Å². The molecule has 104 valence electrons. The van der Waals surface area contributed by atoms with Gasteiger partial charge >= 0.3 is 5.97 Å². The first-order chi connectivity index (χ1) is 9.56. The number of aliphatic carboxylic acids is 1. The second-order valence-corrected chi connectivity index (χ2v) is 4.67. The van der Waals surface area contributed by atoms with Crippen LogP contribution in [0.1, 0.15) is 12.8 Å². The molecule has 1 unspecified atom stereocenters. The summed E-state index contributed by atoms with van der Waals surface area (Å²) in [5.74, 6) is -2.53. The molecule has 1 N–H and O–H groups in total. The highest BCUT2D eigenvalue weighted by Crippen LogP contribution is 2.25. The van der Waals surface area contributed by atoms with Gasteiger partial charge in [-0.3, -0.25) is 4.98 Å². The second-order valence-electron chi connectivity index (χ2n) is 4.67. The molecule has 1 fully saturated rings. The standard InChI is InChI=1S/C13H11F2N3O2/c14-7-4-9-10(5-8(7)15)17-12(6-16-9)18-3-1-2-11(18)13(19)20/h4-6,11H,1-3H2,(H,19,20). The second kappa shape index (κ2) is 4.66. The normalized spacial score (nSPS) is 18.7. The van der Waals surface area contributed by atoms with E-state index >= 15 is 0 Å². The maximum atomic E-state index is 13.2. The number of carbonyl (C=O) groups is 1. The maximum Gasteiger partial charge on any atom is 0.326 e. The Hall–Kier alpha value is -2.31. The predicted molar refractivity (Wildman–Crippen MR) is 67.5 cm³/mol. The minimum absolute atomic E-state index is 0.206. The van der Waals surface area contributed by atoms with Crippen LogP contribution in [0.15, 0.2) is 18.3 Å². The fraction of sp³-hybridized carbons (Fsp3) is 0.308. The summed E-state index contributed by atoms with van der Waals surface area (Å²) in [6, 6.07) is 1.29. The van der Waals surface area contributed by atoms with Gasteiger partial charge in [0, 0.05) is 18.7 Å². The zero-order valence-corrected chi connectivity index (χ0v) is 10.4. The zero-order chi connectivity index (χ0) is 14.3. The average Bonchev–Trinajstić information content (AvgIpc) is 2.89. The van der Waals surface area contributed by atoms with Gasteiger partial charge in [0.05, 0.1) is 17.2 Å². The molecule has 0 aliphatic carbocycles. The third-order valence-corrected chi connectivity index (χ3v) is 3.40. The van der Waals surface area contributed by atoms with Crippen LogP contribution in [-0.2, 0) is 4.79 Å². The molecule has 0 bridgehead atoms. The molecule has 1 aliphatic heterocycles. The maximum absolute atomic E-state index is 13.2. The van der Waals surface area contributed by atoms with Crippen molar-refractivity contribution in [2.75, 3.05) is 11.4 Å². The molecule has 2 aromatic rings. The SMILES string of the molecule is O=C(O)C1CCCN1c1cnc2cc(F)c(F)cc2n1. The van der Waals surface area contributed by atoms with Crippen molar-refractivity contribution in [1.29, 1.82) is 0 Å². The summed E-state index contributed by atoms with van der Waals surface area (Å²) in [6.45, 7) is 0.556. The highest BCUT2D eigenvalue weighted by atomic mass is 19.2. The highest BCUT2D eigenvalue weighted by molar-refractivity contribution is 5.80. The van der Waals surface area contributed by atoms with Crippen LogP contribution >= 0.6 is 0 Å². The molecule has 3 rings (SSSR count). The molecule has 1 saturated heterocycles. The van der Waals surface area contributed by atoms with Gasteiger partial charge in [-0.15, -0.1) is 0 Å². The van der Waals surface area contributed by atoms with Crippen molar-refractivity contribution in [1.82, 2.24) is 9.97 Å². The lowest BCUT2D eigenvalue weighted by atomic mass is 10.2. The monoisotopic (exact) mass is 279 g/mol. The molecule has 20 heavy (non-hydrogen) atoms. The first kappa shape index (κ1) is 12.7. The molecular formula is C13H11F2N3O2. The van der Waals surface area contributed by atoms with Crippen LogP contribution in [0.3, 0.4) is 0 Å². The van der Waals surface area contributed by atoms with Crippen molar-refractivity contribution in [2.45, 2.75) is 18.9 Å². The van der Waals surface area contributed by atoms with E-state index in [1.54, 1.807) is 4.90 Å². The number of fused-ring (bicyclic) bond motifs is 1. The topological polar surface area (TPSA) is 66.3 Å². The van der Waals surface area contributed by atoms with E-state index in [-0.39, 0.29) is 11.0 Å². The van der Waals surface area contributed by atoms with Gasteiger partial charge in [0.25, 0.3) is 0 Å². The van der Waals surface area contributed by atoms with Crippen molar-refractivity contribution in [3.63, 3.8) is 0 Å². The van der Waals surface area contributed by atoms with Crippen molar-refractivity contribution in [3.05, 3.63) is 30.0 Å². The fourth-order valence-corrected chi connectivity index (χ4v) is 2.43. The van der Waals surface area contributed by atoms with Gasteiger partial charge in [0.2, 0.25) is 0 Å². The Kier molecular flexibility index (Phi) is 2.96. The number of hydrogen-bond donors (Lipinski definition) is 1. The van der Waals surface area contributed by atoms with Crippen molar-refractivity contribution >= 4 is 22.8 Å². The molecule has 1 atom stereocenters. The Morgan fingerprint density at radius 3 is 2.70 bits per heavy atom. The molecule has 7 heteroatoms. The fourth-order valence-electron chi connectivity index (χ4n) is 2.43. The Bertz CT molecular complexity index is 693. The minimum atomic E-state index is -1.000. The quantitative estimate of drug-likeness (QED) is 0.910. The number of halogens is 2. The Morgan fingerprint density at radius 2 is 2.00 bits per heavy atom. The smallest absolute Gasteiger partial charge is 0.326 e. The molecule has 1 aromatic heterocycles. The van der Waals surface area contributed by atoms with Gasteiger partial charge in [0.1, 0.15) is 11.9 Å². The van der Waals surface area contributed by atoms with Gasteiger partial charge in [0.15, 0.2) is 11.6 Å². The number of carboxylic acid groups (broad SMARTS) is 1. The summed E-state index contributed by atoms with van der Waals surface area (Å²) in [4.78, 5) is 21.0. The Morgan fingerprint density at radius 1 is 1.30 bits per heavy atom. The Balaban J connectivity index is 2.04. The van der Waals surface area contributed by atoms with Crippen molar-refractivity contribution in [3.8, 4) is 0 Å². The largest absolute Gasteiger partial charge is 0.480 e. The lowest BCUT2D eigenvalue weighted by Gasteiger charge is -2.22. The van der Waals surface area contributed by atoms with Crippen LogP contribution in [0.25, 0.3) is 11.0 Å². The number of carboxylic acids is 1. The number of aromatic nitrogens is 2. The molecular weight excluding hydrogens is 268 g/mol. The van der Waals surface area contributed by atoms with Crippen LogP contribution < -0.4 is 4.90 Å². The summed E-state index contributed by atoms with van der Waals surface area (Å²) in [5, 5.41) is 9.14. The van der Waals surface area contributed by atoms with E-state index in [4.69, 9.17) is 5.11 Å². The van der Waals surface area contributed by atoms with Gasteiger partial charge in [-0.1, -0.05) is 0 Å². The third-order valence-electron chi connectivity index (χ3n) is 3.40. The number of benzene rings is 1. The molecule has 0 spiro atoms. The summed E-state index contributed by atoms with van der Waals surface area (Å²) < 4.78 is 26.3. The molecule has 5 nitrogen and oxygen atoms in total. The predicted octanol–water partition coefficient (Wildman–Crippen LogP) is 1.96. The summed E-state index contributed by atoms with van der Waals surface area (Å²) >= 11 is 0. The van der Waals surface area contributed by atoms with Gasteiger partial charge in [-0.25, -0.2) is 18.6 Å². The van der Waals surface area contributed by atoms with Crippen LogP contribution in [-0.4, -0.2) is 33.6 Å². The van der Waals surface area contributed by atoms with Gasteiger partial charge in [-0.05, 0) is 12.8 Å². The van der Waals surface area contributed by atoms with Crippen molar-refractivity contribution in [2.24, 2.45) is 0 Å². The van der Waals surface area contributed by atoms with Crippen LogP contribution in [0.2, 0.25) is 0 Å². The van der Waals surface area contributed by atoms with E-state index in [0.29, 0.717) is 18.8 Å². The van der Waals surface area contributed by atoms with E-state index in [0.717, 1.165) is 18.6 Å². The zero-order valence-electron chi connectivity index (χ0n) is 10.4. The summed E-state index contributed by atoms with van der Waals surface area (Å²) in [7, 11) is 0. The molecule has 1 aromatic carbocycles. The Labute approximate surface area is 112 Å². The summed E-state index contributed by atoms with van der Waals surface area (Å²) in [6.07, 6.45) is 2.67. The third kappa shape index (κ3) is 2.04. The van der Waals surface area contributed by atoms with E-state index in [1.165, 1.54) is 6.20 Å². The molecule has 0 radical (unpaired) electrons. The minimum Gasteiger partial charge on any atom is -0.480 e. The molecule has 2 heterocycles. The van der Waals surface area contributed by atoms with Gasteiger partial charge in [-0.2, -0.15) is 0 Å².